The number of methoxy groups -OCH3 is 1. The fourth-order valence-corrected chi connectivity index (χ4v) is 1.84. The second kappa shape index (κ2) is 4.26. The average molecular weight is 198 g/mol. The lowest BCUT2D eigenvalue weighted by Crippen LogP contribution is -2.36. The van der Waals surface area contributed by atoms with Gasteiger partial charge in [0.2, 0.25) is 0 Å². The fraction of sp³-hybridized carbons (Fsp3) is 0.600. The van der Waals surface area contributed by atoms with E-state index in [0.29, 0.717) is 6.42 Å². The third kappa shape index (κ3) is 1.95. The molecule has 0 unspecified atom stereocenters. The highest BCUT2D eigenvalue weighted by Gasteiger charge is 2.38. The van der Waals surface area contributed by atoms with Gasteiger partial charge in [-0.1, -0.05) is 19.1 Å². The predicted molar refractivity (Wildman–Crippen MR) is 49.6 cm³/mol. The molecule has 4 heteroatoms. The molecule has 1 N–H and O–H groups in total. The number of carbonyl (C=O) groups excluding carboxylic acids is 1. The minimum atomic E-state index is -0.934. The normalized spacial score (nSPS) is 31.1. The number of rotatable bonds is 2. The van der Waals surface area contributed by atoms with E-state index in [1.807, 2.05) is 19.1 Å². The van der Waals surface area contributed by atoms with Crippen molar-refractivity contribution in [1.29, 1.82) is 0 Å². The van der Waals surface area contributed by atoms with Crippen molar-refractivity contribution in [3.8, 4) is 0 Å². The summed E-state index contributed by atoms with van der Waals surface area (Å²) in [6.07, 6.45) is 4.07. The van der Waals surface area contributed by atoms with Gasteiger partial charge in [0.1, 0.15) is 0 Å². The Morgan fingerprint density at radius 1 is 1.50 bits per heavy atom. The van der Waals surface area contributed by atoms with E-state index in [9.17, 15) is 9.59 Å². The first-order valence-corrected chi connectivity index (χ1v) is 4.55. The van der Waals surface area contributed by atoms with Crippen molar-refractivity contribution in [2.24, 2.45) is 17.8 Å². The molecule has 0 heterocycles. The molecule has 0 aromatic rings. The van der Waals surface area contributed by atoms with Crippen LogP contribution in [-0.2, 0) is 14.3 Å². The number of aliphatic carboxylic acids is 1. The molecule has 0 aliphatic heterocycles. The molecule has 4 nitrogen and oxygen atoms in total. The van der Waals surface area contributed by atoms with Gasteiger partial charge < -0.3 is 9.84 Å². The Balaban J connectivity index is 2.89. The van der Waals surface area contributed by atoms with Gasteiger partial charge in [-0.2, -0.15) is 0 Å². The zero-order valence-electron chi connectivity index (χ0n) is 8.27. The zero-order valence-corrected chi connectivity index (χ0v) is 8.27. The van der Waals surface area contributed by atoms with Crippen LogP contribution in [-0.4, -0.2) is 24.2 Å². The topological polar surface area (TPSA) is 63.6 Å². The number of esters is 1. The van der Waals surface area contributed by atoms with Crippen LogP contribution in [0.2, 0.25) is 0 Å². The molecule has 0 bridgehead atoms. The molecule has 0 saturated heterocycles. The maximum Gasteiger partial charge on any atom is 0.310 e. The second-order valence-electron chi connectivity index (χ2n) is 3.52. The largest absolute Gasteiger partial charge is 0.481 e. The van der Waals surface area contributed by atoms with E-state index in [1.54, 1.807) is 0 Å². The van der Waals surface area contributed by atoms with Crippen molar-refractivity contribution < 1.29 is 19.4 Å². The third-order valence-corrected chi connectivity index (χ3v) is 2.62. The monoisotopic (exact) mass is 198 g/mol. The molecular weight excluding hydrogens is 184 g/mol. The molecule has 3 atom stereocenters. The third-order valence-electron chi connectivity index (χ3n) is 2.62. The van der Waals surface area contributed by atoms with Gasteiger partial charge in [0.05, 0.1) is 18.9 Å². The molecule has 78 valence electrons. The summed E-state index contributed by atoms with van der Waals surface area (Å²) in [5, 5.41) is 8.93. The summed E-state index contributed by atoms with van der Waals surface area (Å²) in [5.41, 5.74) is 0. The highest BCUT2D eigenvalue weighted by Crippen LogP contribution is 2.31. The first-order valence-electron chi connectivity index (χ1n) is 4.55. The van der Waals surface area contributed by atoms with Crippen LogP contribution in [0.15, 0.2) is 12.2 Å². The van der Waals surface area contributed by atoms with Crippen LogP contribution in [0.1, 0.15) is 13.3 Å². The minimum absolute atomic E-state index is 0.0719. The van der Waals surface area contributed by atoms with E-state index >= 15 is 0 Å². The Labute approximate surface area is 82.6 Å². The van der Waals surface area contributed by atoms with Gasteiger partial charge >= 0.3 is 11.9 Å². The van der Waals surface area contributed by atoms with E-state index in [1.165, 1.54) is 7.11 Å². The number of ether oxygens (including phenoxy) is 1. The molecule has 0 aromatic heterocycles. The molecule has 1 rings (SSSR count). The van der Waals surface area contributed by atoms with Crippen molar-refractivity contribution in [2.75, 3.05) is 7.11 Å². The summed E-state index contributed by atoms with van der Waals surface area (Å²) in [6, 6.07) is 0. The number of carbonyl (C=O) groups is 2. The summed E-state index contributed by atoms with van der Waals surface area (Å²) in [4.78, 5) is 22.3. The Hall–Kier alpha value is -1.32. The van der Waals surface area contributed by atoms with Crippen LogP contribution in [0.3, 0.4) is 0 Å². The number of hydrogen-bond acceptors (Lipinski definition) is 3. The van der Waals surface area contributed by atoms with Gasteiger partial charge in [-0.25, -0.2) is 0 Å². The molecule has 1 aliphatic rings. The lowest BCUT2D eigenvalue weighted by molar-refractivity contribution is -0.157. The summed E-state index contributed by atoms with van der Waals surface area (Å²) >= 11 is 0. The molecule has 0 spiro atoms. The highest BCUT2D eigenvalue weighted by molar-refractivity contribution is 5.82. The highest BCUT2D eigenvalue weighted by atomic mass is 16.5. The van der Waals surface area contributed by atoms with Crippen LogP contribution in [0.5, 0.6) is 0 Å². The molecule has 0 fully saturated rings. The average Bonchev–Trinajstić information content (AvgIpc) is 2.16. The molecule has 0 saturated carbocycles. The minimum Gasteiger partial charge on any atom is -0.481 e. The zero-order chi connectivity index (χ0) is 10.7. The van der Waals surface area contributed by atoms with Gasteiger partial charge in [-0.3, -0.25) is 9.59 Å². The number of allylic oxidation sites excluding steroid dienone is 2. The Morgan fingerprint density at radius 3 is 2.64 bits per heavy atom. The van der Waals surface area contributed by atoms with E-state index in [4.69, 9.17) is 5.11 Å². The molecule has 14 heavy (non-hydrogen) atoms. The molecular formula is C10H14O4. The number of hydrogen-bond donors (Lipinski definition) is 1. The van der Waals surface area contributed by atoms with Gasteiger partial charge in [0, 0.05) is 0 Å². The Morgan fingerprint density at radius 2 is 2.14 bits per heavy atom. The maximum absolute atomic E-state index is 11.4. The summed E-state index contributed by atoms with van der Waals surface area (Å²) < 4.78 is 4.60. The molecule has 0 amide bonds. The van der Waals surface area contributed by atoms with Crippen LogP contribution in [0.25, 0.3) is 0 Å². The van der Waals surface area contributed by atoms with Crippen molar-refractivity contribution in [3.05, 3.63) is 12.2 Å². The molecule has 0 radical (unpaired) electrons. The van der Waals surface area contributed by atoms with Crippen LogP contribution in [0, 0.1) is 17.8 Å². The lowest BCUT2D eigenvalue weighted by Gasteiger charge is -2.27. The fourth-order valence-electron chi connectivity index (χ4n) is 1.84. The van der Waals surface area contributed by atoms with Crippen molar-refractivity contribution in [2.45, 2.75) is 13.3 Å². The van der Waals surface area contributed by atoms with Crippen molar-refractivity contribution in [1.82, 2.24) is 0 Å². The quantitative estimate of drug-likeness (QED) is 0.532. The molecule has 1 aliphatic carbocycles. The van der Waals surface area contributed by atoms with E-state index in [-0.39, 0.29) is 5.92 Å². The van der Waals surface area contributed by atoms with Gasteiger partial charge in [-0.05, 0) is 12.3 Å². The SMILES string of the molecule is COC(=O)[C@H]1[C@@H](C)C=CC[C@H]1C(=O)O. The van der Waals surface area contributed by atoms with Crippen molar-refractivity contribution in [3.63, 3.8) is 0 Å². The second-order valence-corrected chi connectivity index (χ2v) is 3.52. The Bertz CT molecular complexity index is 269. The summed E-state index contributed by atoms with van der Waals surface area (Å²) in [7, 11) is 1.28. The van der Waals surface area contributed by atoms with Crippen LogP contribution < -0.4 is 0 Å². The lowest BCUT2D eigenvalue weighted by atomic mass is 9.77. The van der Waals surface area contributed by atoms with E-state index in [0.717, 1.165) is 0 Å². The van der Waals surface area contributed by atoms with E-state index < -0.39 is 23.8 Å². The van der Waals surface area contributed by atoms with Crippen molar-refractivity contribution >= 4 is 11.9 Å². The predicted octanol–water partition coefficient (Wildman–Crippen LogP) is 1.07. The number of carboxylic acids is 1. The van der Waals surface area contributed by atoms with Crippen LogP contribution in [0.4, 0.5) is 0 Å². The van der Waals surface area contributed by atoms with E-state index in [2.05, 4.69) is 4.74 Å². The van der Waals surface area contributed by atoms with Crippen LogP contribution >= 0.6 is 0 Å². The van der Waals surface area contributed by atoms with Gasteiger partial charge in [0.25, 0.3) is 0 Å². The maximum atomic E-state index is 11.4. The smallest absolute Gasteiger partial charge is 0.310 e. The Kier molecular flexibility index (Phi) is 3.28. The first kappa shape index (κ1) is 10.8. The first-order chi connectivity index (χ1) is 6.57. The summed E-state index contributed by atoms with van der Waals surface area (Å²) in [5.74, 6) is -2.65. The van der Waals surface area contributed by atoms with Gasteiger partial charge in [0.15, 0.2) is 0 Å². The summed E-state index contributed by atoms with van der Waals surface area (Å²) in [6.45, 7) is 1.83. The standard InChI is InChI=1S/C10H14O4/c1-6-4-3-5-7(9(11)12)8(6)10(13)14-2/h3-4,6-8H,5H2,1-2H3,(H,11,12)/t6-,7+,8-/m0/s1. The molecule has 0 aromatic carbocycles. The van der Waals surface area contributed by atoms with Gasteiger partial charge in [-0.15, -0.1) is 0 Å². The number of carboxylic acid groups (broad SMARTS) is 1.